The highest BCUT2D eigenvalue weighted by atomic mass is 32.2. The van der Waals surface area contributed by atoms with Crippen LogP contribution in [0.25, 0.3) is 0 Å². The summed E-state index contributed by atoms with van der Waals surface area (Å²) in [6.07, 6.45) is 1.81. The fourth-order valence-electron chi connectivity index (χ4n) is 3.30. The summed E-state index contributed by atoms with van der Waals surface area (Å²) in [6.45, 7) is 8.66. The summed E-state index contributed by atoms with van der Waals surface area (Å²) in [4.78, 5) is 12.4. The van der Waals surface area contributed by atoms with E-state index in [2.05, 4.69) is 38.2 Å². The molecule has 0 heterocycles. The third kappa shape index (κ3) is 7.28. The minimum Gasteiger partial charge on any atom is -0.497 e. The van der Waals surface area contributed by atoms with Crippen LogP contribution in [0.3, 0.4) is 0 Å². The molecule has 31 heavy (non-hydrogen) atoms. The predicted molar refractivity (Wildman–Crippen MR) is 126 cm³/mol. The van der Waals surface area contributed by atoms with Gasteiger partial charge in [0.25, 0.3) is 0 Å². The number of ether oxygens (including phenoxy) is 1. The van der Waals surface area contributed by atoms with Crippen molar-refractivity contribution in [2.24, 2.45) is 0 Å². The number of amides is 1. The van der Waals surface area contributed by atoms with Gasteiger partial charge < -0.3 is 10.1 Å². The van der Waals surface area contributed by atoms with E-state index in [9.17, 15) is 13.2 Å². The highest BCUT2D eigenvalue weighted by Gasteiger charge is 2.19. The molecule has 0 fully saturated rings. The quantitative estimate of drug-likeness (QED) is 0.619. The Hall–Kier alpha value is -2.54. The number of methoxy groups -OCH3 is 1. The van der Waals surface area contributed by atoms with Crippen LogP contribution in [0, 0.1) is 0 Å². The lowest BCUT2D eigenvalue weighted by Gasteiger charge is -2.23. The number of sulfonamides is 1. The van der Waals surface area contributed by atoms with Gasteiger partial charge in [-0.25, -0.2) is 8.42 Å². The first kappa shape index (κ1) is 24.7. The zero-order chi connectivity index (χ0) is 23.2. The number of nitrogens with zero attached hydrogens (tertiary/aromatic N) is 1. The van der Waals surface area contributed by atoms with Crippen molar-refractivity contribution in [3.05, 3.63) is 59.7 Å². The fourth-order valence-corrected chi connectivity index (χ4v) is 4.26. The number of hydrogen-bond acceptors (Lipinski definition) is 4. The van der Waals surface area contributed by atoms with Crippen LogP contribution < -0.4 is 14.4 Å². The molecule has 1 atom stereocenters. The van der Waals surface area contributed by atoms with Gasteiger partial charge in [0.05, 0.1) is 25.1 Å². The van der Waals surface area contributed by atoms with Gasteiger partial charge in [-0.15, -0.1) is 0 Å². The Morgan fingerprint density at radius 3 is 2.32 bits per heavy atom. The van der Waals surface area contributed by atoms with Crippen LogP contribution in [-0.2, 0) is 20.2 Å². The molecule has 1 unspecified atom stereocenters. The standard InChI is InChI=1S/C24H34N2O4S/c1-18(19-12-14-20(15-13-19)24(2,3)4)25-23(27)11-8-16-26(31(6,28)29)21-9-7-10-22(17-21)30-5/h7,9-10,12-15,17-18H,8,11,16H2,1-6H3,(H,25,27). The summed E-state index contributed by atoms with van der Waals surface area (Å²) in [7, 11) is -1.94. The van der Waals surface area contributed by atoms with Gasteiger partial charge in [-0.1, -0.05) is 51.1 Å². The number of carbonyl (C=O) groups excluding carboxylic acids is 1. The molecule has 2 aromatic rings. The number of benzene rings is 2. The zero-order valence-corrected chi connectivity index (χ0v) is 20.1. The molecule has 2 rings (SSSR count). The van der Waals surface area contributed by atoms with E-state index < -0.39 is 10.0 Å². The summed E-state index contributed by atoms with van der Waals surface area (Å²) in [5, 5.41) is 3.00. The normalized spacial score (nSPS) is 12.8. The van der Waals surface area contributed by atoms with Crippen molar-refractivity contribution in [2.45, 2.75) is 52.0 Å². The zero-order valence-electron chi connectivity index (χ0n) is 19.3. The van der Waals surface area contributed by atoms with Gasteiger partial charge in [-0.05, 0) is 42.0 Å². The Bertz CT molecular complexity index is 979. The van der Waals surface area contributed by atoms with Gasteiger partial charge in [0.15, 0.2) is 0 Å². The lowest BCUT2D eigenvalue weighted by Crippen LogP contribution is -2.32. The first-order valence-corrected chi connectivity index (χ1v) is 12.3. The molecule has 0 radical (unpaired) electrons. The van der Waals surface area contributed by atoms with Crippen LogP contribution >= 0.6 is 0 Å². The van der Waals surface area contributed by atoms with Crippen LogP contribution in [0.2, 0.25) is 0 Å². The maximum atomic E-state index is 12.4. The van der Waals surface area contributed by atoms with E-state index in [1.165, 1.54) is 17.0 Å². The first-order valence-electron chi connectivity index (χ1n) is 10.4. The van der Waals surface area contributed by atoms with E-state index >= 15 is 0 Å². The SMILES string of the molecule is COc1cccc(N(CCCC(=O)NC(C)c2ccc(C(C)(C)C)cc2)S(C)(=O)=O)c1. The van der Waals surface area contributed by atoms with Gasteiger partial charge in [-0.3, -0.25) is 9.10 Å². The van der Waals surface area contributed by atoms with Gasteiger partial charge in [-0.2, -0.15) is 0 Å². The molecular weight excluding hydrogens is 412 g/mol. The van der Waals surface area contributed by atoms with E-state index in [1.807, 2.05) is 19.1 Å². The Labute approximate surface area is 186 Å². The minimum absolute atomic E-state index is 0.0826. The van der Waals surface area contributed by atoms with Gasteiger partial charge in [0.1, 0.15) is 5.75 Å². The van der Waals surface area contributed by atoms with E-state index in [1.54, 1.807) is 24.3 Å². The van der Waals surface area contributed by atoms with Gasteiger partial charge >= 0.3 is 0 Å². The Morgan fingerprint density at radius 1 is 1.13 bits per heavy atom. The lowest BCUT2D eigenvalue weighted by atomic mass is 9.86. The van der Waals surface area contributed by atoms with Crippen molar-refractivity contribution in [3.63, 3.8) is 0 Å². The summed E-state index contributed by atoms with van der Waals surface area (Å²) in [5.74, 6) is 0.474. The second-order valence-electron chi connectivity index (χ2n) is 8.80. The van der Waals surface area contributed by atoms with Crippen molar-refractivity contribution >= 4 is 21.6 Å². The van der Waals surface area contributed by atoms with Crippen LogP contribution in [-0.4, -0.2) is 34.2 Å². The molecule has 7 heteroatoms. The number of nitrogens with one attached hydrogen (secondary N) is 1. The molecule has 0 saturated heterocycles. The molecule has 6 nitrogen and oxygen atoms in total. The van der Waals surface area contributed by atoms with Crippen molar-refractivity contribution in [2.75, 3.05) is 24.2 Å². The molecule has 1 N–H and O–H groups in total. The highest BCUT2D eigenvalue weighted by Crippen LogP contribution is 2.25. The largest absolute Gasteiger partial charge is 0.497 e. The third-order valence-corrected chi connectivity index (χ3v) is 6.35. The van der Waals surface area contributed by atoms with Crippen LogP contribution in [0.5, 0.6) is 5.75 Å². The second kappa shape index (κ2) is 10.2. The summed E-state index contributed by atoms with van der Waals surface area (Å²) in [5.41, 5.74) is 2.89. The van der Waals surface area contributed by atoms with E-state index in [4.69, 9.17) is 4.74 Å². The fraction of sp³-hybridized carbons (Fsp3) is 0.458. The van der Waals surface area contributed by atoms with Crippen LogP contribution in [0.1, 0.15) is 57.7 Å². The van der Waals surface area contributed by atoms with Crippen LogP contribution in [0.15, 0.2) is 48.5 Å². The predicted octanol–water partition coefficient (Wildman–Crippen LogP) is 4.42. The minimum atomic E-state index is -3.48. The average Bonchev–Trinajstić information content (AvgIpc) is 2.69. The maximum absolute atomic E-state index is 12.4. The topological polar surface area (TPSA) is 75.7 Å². The molecule has 0 aliphatic heterocycles. The monoisotopic (exact) mass is 446 g/mol. The molecule has 1 amide bonds. The molecule has 170 valence electrons. The molecule has 0 aliphatic carbocycles. The molecule has 0 aliphatic rings. The second-order valence-corrected chi connectivity index (χ2v) is 10.7. The molecule has 2 aromatic carbocycles. The van der Waals surface area contributed by atoms with E-state index in [0.29, 0.717) is 17.9 Å². The molecule has 0 spiro atoms. The Balaban J connectivity index is 1.94. The molecule has 0 saturated carbocycles. The number of carbonyl (C=O) groups is 1. The number of hydrogen-bond donors (Lipinski definition) is 1. The van der Waals surface area contributed by atoms with Crippen molar-refractivity contribution in [3.8, 4) is 5.75 Å². The van der Waals surface area contributed by atoms with E-state index in [-0.39, 0.29) is 30.3 Å². The smallest absolute Gasteiger partial charge is 0.232 e. The summed E-state index contributed by atoms with van der Waals surface area (Å²) in [6, 6.07) is 15.0. The van der Waals surface area contributed by atoms with Crippen molar-refractivity contribution in [1.29, 1.82) is 0 Å². The summed E-state index contributed by atoms with van der Waals surface area (Å²) < 4.78 is 31.0. The van der Waals surface area contributed by atoms with Gasteiger partial charge in [0, 0.05) is 19.0 Å². The summed E-state index contributed by atoms with van der Waals surface area (Å²) >= 11 is 0. The number of rotatable bonds is 9. The maximum Gasteiger partial charge on any atom is 0.232 e. The number of anilines is 1. The van der Waals surface area contributed by atoms with Crippen LogP contribution in [0.4, 0.5) is 5.69 Å². The molecular formula is C24H34N2O4S. The van der Waals surface area contributed by atoms with Crippen molar-refractivity contribution in [1.82, 2.24) is 5.32 Å². The van der Waals surface area contributed by atoms with Crippen molar-refractivity contribution < 1.29 is 17.9 Å². The lowest BCUT2D eigenvalue weighted by molar-refractivity contribution is -0.121. The third-order valence-electron chi connectivity index (χ3n) is 5.16. The Morgan fingerprint density at radius 2 is 1.77 bits per heavy atom. The van der Waals surface area contributed by atoms with E-state index in [0.717, 1.165) is 11.8 Å². The Kier molecular flexibility index (Phi) is 8.12. The highest BCUT2D eigenvalue weighted by molar-refractivity contribution is 7.92. The molecule has 0 bridgehead atoms. The first-order chi connectivity index (χ1) is 14.4. The van der Waals surface area contributed by atoms with Gasteiger partial charge in [0.2, 0.25) is 15.9 Å². The average molecular weight is 447 g/mol. The molecule has 0 aromatic heterocycles.